The number of oxime groups is 1. The predicted octanol–water partition coefficient (Wildman–Crippen LogP) is 10.8. The van der Waals surface area contributed by atoms with Crippen molar-refractivity contribution in [3.05, 3.63) is 132 Å². The lowest BCUT2D eigenvalue weighted by molar-refractivity contribution is -0.223. The van der Waals surface area contributed by atoms with Crippen LogP contribution in [-0.2, 0) is 21.0 Å². The van der Waals surface area contributed by atoms with Crippen molar-refractivity contribution in [3.8, 4) is 17.2 Å². The fraction of sp³-hybridized carbons (Fsp3) is 0.388. The number of amides is 1. The van der Waals surface area contributed by atoms with Gasteiger partial charge in [-0.05, 0) is 122 Å². The largest absolute Gasteiger partial charge is 0.460 e. The molecule has 316 valence electrons. The molecule has 2 aliphatic carbocycles. The molecule has 1 heterocycles. The Morgan fingerprint density at radius 2 is 1.65 bits per heavy atom. The van der Waals surface area contributed by atoms with Crippen molar-refractivity contribution in [1.82, 2.24) is 0 Å². The second-order valence-electron chi connectivity index (χ2n) is 15.6. The second kappa shape index (κ2) is 20.8. The van der Waals surface area contributed by atoms with Gasteiger partial charge in [0.2, 0.25) is 11.7 Å². The molecular formula is C49H56N2O7S2. The van der Waals surface area contributed by atoms with Crippen LogP contribution in [0.5, 0.6) is 17.2 Å². The number of carbonyl (C=O) groups is 1. The molecule has 60 heavy (non-hydrogen) atoms. The number of rotatable bonds is 20. The molecule has 4 aromatic rings. The first-order valence-electron chi connectivity index (χ1n) is 21.0. The van der Waals surface area contributed by atoms with Crippen LogP contribution < -0.4 is 14.8 Å². The van der Waals surface area contributed by atoms with E-state index in [2.05, 4.69) is 42.4 Å². The number of hydrogen-bond donors (Lipinski definition) is 3. The van der Waals surface area contributed by atoms with Crippen molar-refractivity contribution in [1.29, 1.82) is 0 Å². The molecule has 0 spiro atoms. The van der Waals surface area contributed by atoms with E-state index in [1.807, 2.05) is 78.9 Å². The van der Waals surface area contributed by atoms with Gasteiger partial charge in [0.15, 0.2) is 0 Å². The lowest BCUT2D eigenvalue weighted by Gasteiger charge is -2.58. The number of nitrogens with one attached hydrogen (secondary N) is 1. The standard InChI is InChI=1S/C49H56N2O7S2/c1-4-28-55-49-46(60-40-21-16-36(17-22-40)50-33(2)54)31-44(51-56-32-34-12-6-5-7-13-34)42-29-35(14-8-10-26-52)41(15-9-11-27-53)47(48(42)49)43-30-38(20-25-45(43)58-49)57-37-18-23-39(59-3)24-19-37/h4-7,12-13,16-25,29-30,35,41,46-48,52-53H,1,8-11,14-15,26-28,31-32H2,2-3H3,(H,50,54). The van der Waals surface area contributed by atoms with E-state index in [-0.39, 0.29) is 54.6 Å². The Bertz CT molecular complexity index is 2110. The third-order valence-corrected chi connectivity index (χ3v) is 13.7. The van der Waals surface area contributed by atoms with E-state index in [4.69, 9.17) is 24.2 Å². The van der Waals surface area contributed by atoms with Crippen LogP contribution in [-0.4, -0.2) is 58.9 Å². The second-order valence-corrected chi connectivity index (χ2v) is 17.8. The third kappa shape index (κ3) is 10.1. The maximum atomic E-state index is 11.8. The summed E-state index contributed by atoms with van der Waals surface area (Å²) >= 11 is 3.36. The van der Waals surface area contributed by atoms with Crippen molar-refractivity contribution in [2.45, 2.75) is 85.2 Å². The molecule has 6 unspecified atom stereocenters. The van der Waals surface area contributed by atoms with E-state index in [0.717, 1.165) is 87.2 Å². The topological polar surface area (TPSA) is 119 Å². The summed E-state index contributed by atoms with van der Waals surface area (Å²) in [6.45, 7) is 6.43. The van der Waals surface area contributed by atoms with Gasteiger partial charge in [-0.15, -0.1) is 30.1 Å². The lowest BCUT2D eigenvalue weighted by Crippen LogP contribution is -2.64. The molecule has 7 rings (SSSR count). The van der Waals surface area contributed by atoms with E-state index in [1.165, 1.54) is 6.92 Å². The minimum atomic E-state index is -1.14. The summed E-state index contributed by atoms with van der Waals surface area (Å²) in [7, 11) is 0. The molecule has 0 aromatic heterocycles. The fourth-order valence-electron chi connectivity index (χ4n) is 9.01. The molecule has 3 N–H and O–H groups in total. The number of aliphatic hydroxyl groups is 2. The van der Waals surface area contributed by atoms with Gasteiger partial charge in [0.25, 0.3) is 0 Å². The Morgan fingerprint density at radius 1 is 0.933 bits per heavy atom. The van der Waals surface area contributed by atoms with Gasteiger partial charge in [-0.25, -0.2) is 0 Å². The third-order valence-electron chi connectivity index (χ3n) is 11.6. The van der Waals surface area contributed by atoms with Crippen LogP contribution in [0.25, 0.3) is 0 Å². The van der Waals surface area contributed by atoms with Crippen molar-refractivity contribution < 1.29 is 34.1 Å². The van der Waals surface area contributed by atoms with Crippen LogP contribution in [0.3, 0.4) is 0 Å². The molecule has 11 heteroatoms. The van der Waals surface area contributed by atoms with Gasteiger partial charge in [0.1, 0.15) is 23.9 Å². The van der Waals surface area contributed by atoms with Crippen molar-refractivity contribution >= 4 is 40.8 Å². The van der Waals surface area contributed by atoms with Crippen LogP contribution in [0, 0.1) is 17.8 Å². The highest BCUT2D eigenvalue weighted by molar-refractivity contribution is 8.00. The summed E-state index contributed by atoms with van der Waals surface area (Å²) in [5.41, 5.74) is 4.73. The number of fused-ring (bicyclic) bond motifs is 2. The van der Waals surface area contributed by atoms with Gasteiger partial charge >= 0.3 is 0 Å². The first-order chi connectivity index (χ1) is 29.3. The number of thioether (sulfide) groups is 2. The summed E-state index contributed by atoms with van der Waals surface area (Å²) in [5, 5.41) is 27.4. The van der Waals surface area contributed by atoms with E-state index < -0.39 is 5.79 Å². The minimum absolute atomic E-state index is 0.0799. The fourth-order valence-corrected chi connectivity index (χ4v) is 10.7. The molecule has 3 aliphatic rings. The summed E-state index contributed by atoms with van der Waals surface area (Å²) in [6, 6.07) is 32.2. The molecular weight excluding hydrogens is 793 g/mol. The van der Waals surface area contributed by atoms with Crippen molar-refractivity contribution in [2.24, 2.45) is 22.9 Å². The van der Waals surface area contributed by atoms with E-state index >= 15 is 0 Å². The Hall–Kier alpha value is -4.52. The molecule has 9 nitrogen and oxygen atoms in total. The van der Waals surface area contributed by atoms with E-state index in [1.54, 1.807) is 29.6 Å². The Balaban J connectivity index is 1.38. The average Bonchev–Trinajstić information content (AvgIpc) is 3.26. The van der Waals surface area contributed by atoms with Gasteiger partial charge < -0.3 is 34.6 Å². The first kappa shape index (κ1) is 43.6. The number of unbranched alkanes of at least 4 members (excludes halogenated alkanes) is 2. The molecule has 6 atom stereocenters. The number of anilines is 1. The number of aliphatic hydroxyl groups excluding tert-OH is 2. The Morgan fingerprint density at radius 3 is 2.35 bits per heavy atom. The minimum Gasteiger partial charge on any atom is -0.460 e. The van der Waals surface area contributed by atoms with Crippen LogP contribution in [0.15, 0.2) is 136 Å². The number of carbonyl (C=O) groups excluding carboxylic acids is 1. The summed E-state index contributed by atoms with van der Waals surface area (Å²) in [6.07, 6.45) is 11.7. The first-order valence-corrected chi connectivity index (χ1v) is 23.1. The lowest BCUT2D eigenvalue weighted by atomic mass is 9.56. The highest BCUT2D eigenvalue weighted by Crippen LogP contribution is 2.63. The number of hydrogen-bond acceptors (Lipinski definition) is 10. The smallest absolute Gasteiger partial charge is 0.231 e. The molecule has 0 bridgehead atoms. The number of nitrogens with zero attached hydrogens (tertiary/aromatic N) is 1. The number of ether oxygens (including phenoxy) is 3. The maximum Gasteiger partial charge on any atom is 0.231 e. The molecule has 1 amide bonds. The van der Waals surface area contributed by atoms with E-state index in [9.17, 15) is 15.0 Å². The van der Waals surface area contributed by atoms with Crippen LogP contribution in [0.4, 0.5) is 5.69 Å². The zero-order chi connectivity index (χ0) is 41.9. The Labute approximate surface area is 362 Å². The van der Waals surface area contributed by atoms with Crippen LogP contribution in [0.1, 0.15) is 68.9 Å². The molecule has 4 aromatic carbocycles. The van der Waals surface area contributed by atoms with E-state index in [0.29, 0.717) is 19.4 Å². The van der Waals surface area contributed by atoms with Crippen molar-refractivity contribution in [3.63, 3.8) is 0 Å². The SMILES string of the molecule is C=CCOC12Oc3ccc(Oc4ccc(SC)cc4)cc3C3C(CCCCO)C(CCCCO)C=C(C(=NOCc4ccccc4)CC1Sc1ccc(NC(C)=O)cc1)C32. The van der Waals surface area contributed by atoms with Crippen LogP contribution >= 0.6 is 23.5 Å². The molecule has 1 fully saturated rings. The Kier molecular flexibility index (Phi) is 15.1. The summed E-state index contributed by atoms with van der Waals surface area (Å²) < 4.78 is 21.0. The highest BCUT2D eigenvalue weighted by atomic mass is 32.2. The maximum absolute atomic E-state index is 11.8. The van der Waals surface area contributed by atoms with Gasteiger partial charge in [-0.2, -0.15) is 0 Å². The number of benzene rings is 4. The van der Waals surface area contributed by atoms with Gasteiger partial charge in [-0.1, -0.05) is 60.5 Å². The summed E-state index contributed by atoms with van der Waals surface area (Å²) in [5.74, 6) is 0.891. The highest BCUT2D eigenvalue weighted by Gasteiger charge is 2.64. The predicted molar refractivity (Wildman–Crippen MR) is 241 cm³/mol. The molecule has 1 saturated carbocycles. The van der Waals surface area contributed by atoms with Gasteiger partial charge in [0, 0.05) is 53.5 Å². The molecule has 1 aliphatic heterocycles. The molecule has 0 radical (unpaired) electrons. The zero-order valence-corrected chi connectivity index (χ0v) is 36.1. The van der Waals surface area contributed by atoms with Gasteiger partial charge in [-0.3, -0.25) is 4.79 Å². The quantitative estimate of drug-likeness (QED) is 0.0346. The summed E-state index contributed by atoms with van der Waals surface area (Å²) in [4.78, 5) is 20.2. The number of allylic oxidation sites excluding steroid dienone is 1. The monoisotopic (exact) mass is 848 g/mol. The van der Waals surface area contributed by atoms with Crippen molar-refractivity contribution in [2.75, 3.05) is 31.4 Å². The zero-order valence-electron chi connectivity index (χ0n) is 34.5. The average molecular weight is 849 g/mol. The van der Waals surface area contributed by atoms with Crippen LogP contribution in [0.2, 0.25) is 0 Å². The normalized spacial score (nSPS) is 23.4. The van der Waals surface area contributed by atoms with Gasteiger partial charge in [0.05, 0.1) is 23.5 Å². The molecule has 0 saturated heterocycles.